The normalized spacial score (nSPS) is 12.2. The molecule has 0 saturated carbocycles. The lowest BCUT2D eigenvalue weighted by Crippen LogP contribution is -2.15. The summed E-state index contributed by atoms with van der Waals surface area (Å²) in [6.07, 6.45) is 3.24. The van der Waals surface area contributed by atoms with E-state index in [1.807, 2.05) is 6.07 Å². The number of anilines is 1. The van der Waals surface area contributed by atoms with E-state index in [1.54, 1.807) is 12.3 Å². The summed E-state index contributed by atoms with van der Waals surface area (Å²) in [6.45, 7) is 4.15. The van der Waals surface area contributed by atoms with Crippen molar-refractivity contribution in [1.29, 1.82) is 0 Å². The van der Waals surface area contributed by atoms with E-state index in [1.165, 1.54) is 0 Å². The van der Waals surface area contributed by atoms with Crippen LogP contribution in [0.25, 0.3) is 0 Å². The third-order valence-electron chi connectivity index (χ3n) is 2.26. The van der Waals surface area contributed by atoms with Crippen molar-refractivity contribution in [1.82, 2.24) is 4.98 Å². The maximum Gasteiger partial charge on any atom is 0.224 e. The van der Waals surface area contributed by atoms with E-state index in [2.05, 4.69) is 40.1 Å². The zero-order valence-corrected chi connectivity index (χ0v) is 10.5. The molecule has 0 spiro atoms. The highest BCUT2D eigenvalue weighted by Crippen LogP contribution is 2.19. The quantitative estimate of drug-likeness (QED) is 0.854. The van der Waals surface area contributed by atoms with Gasteiger partial charge >= 0.3 is 0 Å². The Morgan fingerprint density at radius 3 is 3.00 bits per heavy atom. The molecule has 0 aliphatic rings. The summed E-state index contributed by atoms with van der Waals surface area (Å²) in [4.78, 5) is 15.6. The van der Waals surface area contributed by atoms with Crippen molar-refractivity contribution < 1.29 is 4.79 Å². The van der Waals surface area contributed by atoms with Crippen molar-refractivity contribution in [2.45, 2.75) is 26.7 Å². The third-order valence-corrected chi connectivity index (χ3v) is 2.90. The first-order valence-electron chi connectivity index (χ1n) is 5.03. The Morgan fingerprint density at radius 1 is 1.67 bits per heavy atom. The number of hydrogen-bond donors (Lipinski definition) is 1. The number of pyridine rings is 1. The number of hydrogen-bond acceptors (Lipinski definition) is 2. The van der Waals surface area contributed by atoms with Crippen LogP contribution in [0.1, 0.15) is 26.7 Å². The van der Waals surface area contributed by atoms with Gasteiger partial charge in [0.1, 0.15) is 4.60 Å². The van der Waals surface area contributed by atoms with E-state index in [9.17, 15) is 4.79 Å². The highest BCUT2D eigenvalue weighted by Gasteiger charge is 2.09. The predicted molar refractivity (Wildman–Crippen MR) is 64.6 cm³/mol. The number of amides is 1. The molecule has 0 aromatic carbocycles. The Balaban J connectivity index is 2.55. The molecule has 1 amide bonds. The summed E-state index contributed by atoms with van der Waals surface area (Å²) >= 11 is 3.28. The summed E-state index contributed by atoms with van der Waals surface area (Å²) < 4.78 is 0.669. The lowest BCUT2D eigenvalue weighted by molar-refractivity contribution is -0.117. The molecule has 0 saturated heterocycles. The number of aromatic nitrogens is 1. The van der Waals surface area contributed by atoms with E-state index in [0.717, 1.165) is 12.1 Å². The highest BCUT2D eigenvalue weighted by molar-refractivity contribution is 9.10. The first-order chi connectivity index (χ1) is 7.13. The number of nitrogens with one attached hydrogen (secondary N) is 1. The van der Waals surface area contributed by atoms with Crippen molar-refractivity contribution in [2.75, 3.05) is 5.32 Å². The fourth-order valence-electron chi connectivity index (χ4n) is 1.14. The second kappa shape index (κ2) is 5.85. The molecule has 1 N–H and O–H groups in total. The van der Waals surface area contributed by atoms with Gasteiger partial charge in [0.15, 0.2) is 0 Å². The topological polar surface area (TPSA) is 42.0 Å². The summed E-state index contributed by atoms with van der Waals surface area (Å²) in [7, 11) is 0. The molecule has 15 heavy (non-hydrogen) atoms. The zero-order chi connectivity index (χ0) is 11.3. The second-order valence-electron chi connectivity index (χ2n) is 3.61. The number of rotatable bonds is 4. The Hall–Kier alpha value is -0.900. The maximum atomic E-state index is 11.6. The van der Waals surface area contributed by atoms with Gasteiger partial charge in [-0.3, -0.25) is 4.79 Å². The lowest BCUT2D eigenvalue weighted by Gasteiger charge is -2.09. The van der Waals surface area contributed by atoms with Crippen LogP contribution in [0.15, 0.2) is 22.9 Å². The third kappa shape index (κ3) is 4.00. The van der Waals surface area contributed by atoms with Crippen LogP contribution in [0.4, 0.5) is 5.69 Å². The SMILES string of the molecule is CCC(C)CC(=O)Nc1cccnc1Br. The lowest BCUT2D eigenvalue weighted by atomic mass is 10.1. The van der Waals surface area contributed by atoms with Crippen LogP contribution < -0.4 is 5.32 Å². The van der Waals surface area contributed by atoms with E-state index < -0.39 is 0 Å². The van der Waals surface area contributed by atoms with Gasteiger partial charge in [-0.2, -0.15) is 0 Å². The number of halogens is 1. The fraction of sp³-hybridized carbons (Fsp3) is 0.455. The van der Waals surface area contributed by atoms with Crippen molar-refractivity contribution in [3.05, 3.63) is 22.9 Å². The Kier molecular flexibility index (Phi) is 4.75. The summed E-state index contributed by atoms with van der Waals surface area (Å²) in [5.41, 5.74) is 0.728. The molecule has 1 atom stereocenters. The van der Waals surface area contributed by atoms with Gasteiger partial charge in [-0.05, 0) is 34.0 Å². The molecule has 1 unspecified atom stereocenters. The molecule has 0 fully saturated rings. The van der Waals surface area contributed by atoms with E-state index in [0.29, 0.717) is 16.9 Å². The van der Waals surface area contributed by atoms with E-state index in [4.69, 9.17) is 0 Å². The molecule has 1 rings (SSSR count). The van der Waals surface area contributed by atoms with Gasteiger partial charge in [0.05, 0.1) is 5.69 Å². The molecular weight excluding hydrogens is 256 g/mol. The predicted octanol–water partition coefficient (Wildman–Crippen LogP) is 3.22. The monoisotopic (exact) mass is 270 g/mol. The average Bonchev–Trinajstić information content (AvgIpc) is 2.21. The molecule has 1 heterocycles. The maximum absolute atomic E-state index is 11.6. The molecule has 0 aliphatic carbocycles. The molecule has 0 bridgehead atoms. The van der Waals surface area contributed by atoms with Crippen molar-refractivity contribution >= 4 is 27.5 Å². The molecule has 0 aliphatic heterocycles. The minimum Gasteiger partial charge on any atom is -0.324 e. The molecule has 4 heteroatoms. The van der Waals surface area contributed by atoms with E-state index in [-0.39, 0.29) is 5.91 Å². The first-order valence-corrected chi connectivity index (χ1v) is 5.83. The average molecular weight is 271 g/mol. The van der Waals surface area contributed by atoms with Crippen LogP contribution >= 0.6 is 15.9 Å². The first kappa shape index (κ1) is 12.2. The Labute approximate surface area is 98.4 Å². The van der Waals surface area contributed by atoms with Gasteiger partial charge in [0, 0.05) is 12.6 Å². The van der Waals surface area contributed by atoms with Gasteiger partial charge in [-0.1, -0.05) is 20.3 Å². The molecule has 0 radical (unpaired) electrons. The standard InChI is InChI=1S/C11H15BrN2O/c1-3-8(2)7-10(15)14-9-5-4-6-13-11(9)12/h4-6,8H,3,7H2,1-2H3,(H,14,15). The van der Waals surface area contributed by atoms with Gasteiger partial charge in [0.2, 0.25) is 5.91 Å². The Morgan fingerprint density at radius 2 is 2.40 bits per heavy atom. The molecule has 3 nitrogen and oxygen atoms in total. The van der Waals surface area contributed by atoms with Crippen LogP contribution in [-0.2, 0) is 4.79 Å². The van der Waals surface area contributed by atoms with Gasteiger partial charge in [-0.15, -0.1) is 0 Å². The minimum atomic E-state index is 0.0399. The van der Waals surface area contributed by atoms with Crippen LogP contribution in [0, 0.1) is 5.92 Å². The van der Waals surface area contributed by atoms with Crippen LogP contribution in [0.2, 0.25) is 0 Å². The molecule has 82 valence electrons. The molecule has 1 aromatic rings. The van der Waals surface area contributed by atoms with Crippen molar-refractivity contribution in [3.8, 4) is 0 Å². The smallest absolute Gasteiger partial charge is 0.224 e. The van der Waals surface area contributed by atoms with E-state index >= 15 is 0 Å². The number of carbonyl (C=O) groups is 1. The summed E-state index contributed by atoms with van der Waals surface area (Å²) in [6, 6.07) is 3.62. The van der Waals surface area contributed by atoms with Crippen LogP contribution in [-0.4, -0.2) is 10.9 Å². The zero-order valence-electron chi connectivity index (χ0n) is 8.96. The molecular formula is C11H15BrN2O. The van der Waals surface area contributed by atoms with Gasteiger partial charge < -0.3 is 5.32 Å². The Bertz CT molecular complexity index is 341. The minimum absolute atomic E-state index is 0.0399. The highest BCUT2D eigenvalue weighted by atomic mass is 79.9. The van der Waals surface area contributed by atoms with Crippen LogP contribution in [0.5, 0.6) is 0 Å². The van der Waals surface area contributed by atoms with Crippen molar-refractivity contribution in [2.24, 2.45) is 5.92 Å². The van der Waals surface area contributed by atoms with Crippen molar-refractivity contribution in [3.63, 3.8) is 0 Å². The van der Waals surface area contributed by atoms with Crippen LogP contribution in [0.3, 0.4) is 0 Å². The number of nitrogens with zero attached hydrogens (tertiary/aromatic N) is 1. The summed E-state index contributed by atoms with van der Waals surface area (Å²) in [5, 5.41) is 2.83. The second-order valence-corrected chi connectivity index (χ2v) is 4.36. The summed E-state index contributed by atoms with van der Waals surface area (Å²) in [5.74, 6) is 0.457. The number of carbonyl (C=O) groups excluding carboxylic acids is 1. The van der Waals surface area contributed by atoms with Gasteiger partial charge in [-0.25, -0.2) is 4.98 Å². The van der Waals surface area contributed by atoms with Gasteiger partial charge in [0.25, 0.3) is 0 Å². The fourth-order valence-corrected chi connectivity index (χ4v) is 1.49. The largest absolute Gasteiger partial charge is 0.324 e. The molecule has 1 aromatic heterocycles.